The Morgan fingerprint density at radius 3 is 2.56 bits per heavy atom. The SMILES string of the molecule is CC1=C(/C=C(\O)C(=O)C=O)C(C)(C)CCC1. The summed E-state index contributed by atoms with van der Waals surface area (Å²) >= 11 is 0. The van der Waals surface area contributed by atoms with Crippen LogP contribution in [0.25, 0.3) is 0 Å². The summed E-state index contributed by atoms with van der Waals surface area (Å²) in [6, 6.07) is 0. The molecule has 88 valence electrons. The first-order valence-electron chi connectivity index (χ1n) is 5.49. The lowest BCUT2D eigenvalue weighted by Crippen LogP contribution is -2.20. The highest BCUT2D eigenvalue weighted by atomic mass is 16.3. The summed E-state index contributed by atoms with van der Waals surface area (Å²) in [4.78, 5) is 21.3. The molecule has 3 nitrogen and oxygen atoms in total. The minimum Gasteiger partial charge on any atom is -0.504 e. The van der Waals surface area contributed by atoms with Gasteiger partial charge in [0.05, 0.1) is 0 Å². The molecule has 0 fully saturated rings. The smallest absolute Gasteiger partial charge is 0.259 e. The lowest BCUT2D eigenvalue weighted by atomic mass is 9.72. The van der Waals surface area contributed by atoms with Crippen molar-refractivity contribution in [2.24, 2.45) is 5.41 Å². The Labute approximate surface area is 95.9 Å². The van der Waals surface area contributed by atoms with Gasteiger partial charge in [0.25, 0.3) is 5.78 Å². The number of aliphatic hydroxyl groups excluding tert-OH is 1. The fourth-order valence-corrected chi connectivity index (χ4v) is 2.23. The van der Waals surface area contributed by atoms with Crippen molar-refractivity contribution >= 4 is 12.1 Å². The van der Waals surface area contributed by atoms with E-state index >= 15 is 0 Å². The minimum absolute atomic E-state index is 0.0422. The van der Waals surface area contributed by atoms with Crippen LogP contribution in [0.2, 0.25) is 0 Å². The number of aliphatic hydroxyl groups is 1. The van der Waals surface area contributed by atoms with Gasteiger partial charge in [0.2, 0.25) is 0 Å². The van der Waals surface area contributed by atoms with E-state index in [2.05, 4.69) is 13.8 Å². The largest absolute Gasteiger partial charge is 0.504 e. The van der Waals surface area contributed by atoms with Crippen LogP contribution >= 0.6 is 0 Å². The highest BCUT2D eigenvalue weighted by Crippen LogP contribution is 2.40. The normalized spacial score (nSPS) is 20.8. The van der Waals surface area contributed by atoms with Gasteiger partial charge in [-0.3, -0.25) is 9.59 Å². The molecule has 0 bridgehead atoms. The molecule has 0 radical (unpaired) electrons. The molecular weight excluding hydrogens is 204 g/mol. The van der Waals surface area contributed by atoms with E-state index in [0.717, 1.165) is 24.8 Å². The van der Waals surface area contributed by atoms with Gasteiger partial charge >= 0.3 is 0 Å². The average molecular weight is 222 g/mol. The van der Waals surface area contributed by atoms with Gasteiger partial charge in [-0.25, -0.2) is 0 Å². The van der Waals surface area contributed by atoms with Crippen molar-refractivity contribution < 1.29 is 14.7 Å². The molecule has 0 amide bonds. The first-order valence-corrected chi connectivity index (χ1v) is 5.49. The maximum atomic E-state index is 11.0. The topological polar surface area (TPSA) is 54.4 Å². The number of carbonyl (C=O) groups excluding carboxylic acids is 2. The molecule has 1 aliphatic rings. The zero-order valence-electron chi connectivity index (χ0n) is 10.0. The number of Topliss-reactive ketones (excluding diaryl/α,β-unsaturated/α-hetero) is 1. The van der Waals surface area contributed by atoms with Gasteiger partial charge in [-0.15, -0.1) is 0 Å². The molecule has 0 aromatic rings. The fourth-order valence-electron chi connectivity index (χ4n) is 2.23. The Hall–Kier alpha value is -1.38. The molecule has 0 aromatic carbocycles. The van der Waals surface area contributed by atoms with E-state index in [1.165, 1.54) is 11.6 Å². The number of carbonyl (C=O) groups is 2. The predicted octanol–water partition coefficient (Wildman–Crippen LogP) is 2.72. The van der Waals surface area contributed by atoms with Crippen LogP contribution in [-0.2, 0) is 9.59 Å². The molecule has 1 N–H and O–H groups in total. The van der Waals surface area contributed by atoms with E-state index in [1.54, 1.807) is 0 Å². The van der Waals surface area contributed by atoms with E-state index in [1.807, 2.05) is 6.92 Å². The highest BCUT2D eigenvalue weighted by molar-refractivity contribution is 6.32. The Morgan fingerprint density at radius 2 is 2.06 bits per heavy atom. The van der Waals surface area contributed by atoms with Gasteiger partial charge in [-0.1, -0.05) is 19.4 Å². The number of hydrogen-bond donors (Lipinski definition) is 1. The van der Waals surface area contributed by atoms with Gasteiger partial charge in [0.15, 0.2) is 12.0 Å². The average Bonchev–Trinajstić information content (AvgIpc) is 2.21. The molecule has 0 aliphatic heterocycles. The van der Waals surface area contributed by atoms with E-state index in [4.69, 9.17) is 0 Å². The Balaban J connectivity index is 3.10. The summed E-state index contributed by atoms with van der Waals surface area (Å²) in [6.45, 7) is 6.17. The Kier molecular flexibility index (Phi) is 3.68. The minimum atomic E-state index is -0.860. The van der Waals surface area contributed by atoms with Crippen LogP contribution in [0.5, 0.6) is 0 Å². The first-order chi connectivity index (χ1) is 7.38. The third kappa shape index (κ3) is 2.60. The molecule has 1 rings (SSSR count). The van der Waals surface area contributed by atoms with Crippen LogP contribution in [0.3, 0.4) is 0 Å². The van der Waals surface area contributed by atoms with Crippen molar-refractivity contribution in [2.45, 2.75) is 40.0 Å². The highest BCUT2D eigenvalue weighted by Gasteiger charge is 2.27. The van der Waals surface area contributed by atoms with Crippen molar-refractivity contribution in [3.63, 3.8) is 0 Å². The second-order valence-electron chi connectivity index (χ2n) is 4.94. The van der Waals surface area contributed by atoms with Crippen molar-refractivity contribution in [3.05, 3.63) is 23.0 Å². The van der Waals surface area contributed by atoms with E-state index in [9.17, 15) is 14.7 Å². The van der Waals surface area contributed by atoms with Gasteiger partial charge in [0.1, 0.15) is 0 Å². The third-order valence-electron chi connectivity index (χ3n) is 3.18. The zero-order valence-corrected chi connectivity index (χ0v) is 10.0. The lowest BCUT2D eigenvalue weighted by Gasteiger charge is -2.32. The van der Waals surface area contributed by atoms with Crippen molar-refractivity contribution in [2.75, 3.05) is 0 Å². The summed E-state index contributed by atoms with van der Waals surface area (Å²) in [5, 5.41) is 9.47. The molecule has 3 heteroatoms. The molecule has 0 heterocycles. The third-order valence-corrected chi connectivity index (χ3v) is 3.18. The van der Waals surface area contributed by atoms with Crippen LogP contribution in [0.4, 0.5) is 0 Å². The standard InChI is InChI=1S/C13H18O3/c1-9-5-4-6-13(2,3)10(9)7-11(15)12(16)8-14/h7-8,15H,4-6H2,1-3H3/b11-7-. The summed E-state index contributed by atoms with van der Waals surface area (Å²) < 4.78 is 0. The maximum absolute atomic E-state index is 11.0. The Bertz CT molecular complexity index is 373. The van der Waals surface area contributed by atoms with Crippen LogP contribution < -0.4 is 0 Å². The van der Waals surface area contributed by atoms with E-state index < -0.39 is 11.5 Å². The van der Waals surface area contributed by atoms with E-state index in [0.29, 0.717) is 0 Å². The number of aldehydes is 1. The van der Waals surface area contributed by atoms with Gasteiger partial charge in [-0.2, -0.15) is 0 Å². The molecule has 16 heavy (non-hydrogen) atoms. The van der Waals surface area contributed by atoms with Gasteiger partial charge in [0, 0.05) is 0 Å². The summed E-state index contributed by atoms with van der Waals surface area (Å²) in [5.74, 6) is -1.32. The zero-order chi connectivity index (χ0) is 12.3. The number of ketones is 1. The number of allylic oxidation sites excluding steroid dienone is 4. The summed E-state index contributed by atoms with van der Waals surface area (Å²) in [7, 11) is 0. The van der Waals surface area contributed by atoms with Gasteiger partial charge in [-0.05, 0) is 43.3 Å². The van der Waals surface area contributed by atoms with Crippen molar-refractivity contribution in [3.8, 4) is 0 Å². The summed E-state index contributed by atoms with van der Waals surface area (Å²) in [6.07, 6.45) is 4.72. The van der Waals surface area contributed by atoms with Crippen molar-refractivity contribution in [1.29, 1.82) is 0 Å². The molecule has 0 saturated carbocycles. The van der Waals surface area contributed by atoms with Crippen LogP contribution in [0, 0.1) is 5.41 Å². The lowest BCUT2D eigenvalue weighted by molar-refractivity contribution is -0.128. The maximum Gasteiger partial charge on any atom is 0.259 e. The monoisotopic (exact) mass is 222 g/mol. The second kappa shape index (κ2) is 4.64. The van der Waals surface area contributed by atoms with Gasteiger partial charge < -0.3 is 5.11 Å². The first kappa shape index (κ1) is 12.7. The van der Waals surface area contributed by atoms with Crippen molar-refractivity contribution in [1.82, 2.24) is 0 Å². The molecule has 0 spiro atoms. The number of rotatable bonds is 3. The molecule has 1 aliphatic carbocycles. The Morgan fingerprint density at radius 1 is 1.44 bits per heavy atom. The van der Waals surface area contributed by atoms with Crippen LogP contribution in [-0.4, -0.2) is 17.2 Å². The van der Waals surface area contributed by atoms with Crippen LogP contribution in [0.1, 0.15) is 40.0 Å². The quantitative estimate of drug-likeness (QED) is 0.346. The second-order valence-corrected chi connectivity index (χ2v) is 4.94. The molecular formula is C13H18O3. The molecule has 0 saturated heterocycles. The number of hydrogen-bond acceptors (Lipinski definition) is 3. The summed E-state index contributed by atoms with van der Waals surface area (Å²) in [5.41, 5.74) is 2.12. The molecule has 0 aromatic heterocycles. The van der Waals surface area contributed by atoms with E-state index in [-0.39, 0.29) is 11.7 Å². The molecule has 0 unspecified atom stereocenters. The van der Waals surface area contributed by atoms with Crippen LogP contribution in [0.15, 0.2) is 23.0 Å². The molecule has 0 atom stereocenters. The predicted molar refractivity (Wildman–Crippen MR) is 62.1 cm³/mol. The fraction of sp³-hybridized carbons (Fsp3) is 0.538.